The standard InChI is InChI=1S/C15H13BrN2O4/c1-20-15(19)13(18-21-2)12-7-4-8-17-14(12)22-11-6-3-5-10(16)9-11/h3-9H,1-2H3/b18-13-. The Morgan fingerprint density at radius 2 is 2.05 bits per heavy atom. The summed E-state index contributed by atoms with van der Waals surface area (Å²) >= 11 is 3.36. The van der Waals surface area contributed by atoms with Gasteiger partial charge in [0.1, 0.15) is 12.9 Å². The monoisotopic (exact) mass is 364 g/mol. The molecule has 0 fully saturated rings. The number of hydrogen-bond acceptors (Lipinski definition) is 6. The van der Waals surface area contributed by atoms with E-state index >= 15 is 0 Å². The Morgan fingerprint density at radius 3 is 2.73 bits per heavy atom. The van der Waals surface area contributed by atoms with Crippen LogP contribution in [0.1, 0.15) is 5.56 Å². The number of aromatic nitrogens is 1. The smallest absolute Gasteiger partial charge is 0.360 e. The van der Waals surface area contributed by atoms with Gasteiger partial charge in [-0.2, -0.15) is 0 Å². The van der Waals surface area contributed by atoms with Gasteiger partial charge in [0, 0.05) is 10.7 Å². The van der Waals surface area contributed by atoms with Crippen LogP contribution in [0.4, 0.5) is 0 Å². The Labute approximate surface area is 135 Å². The first kappa shape index (κ1) is 16.0. The third-order valence-corrected chi connectivity index (χ3v) is 3.09. The van der Waals surface area contributed by atoms with Crippen LogP contribution in [0.5, 0.6) is 11.6 Å². The Bertz CT molecular complexity index is 703. The summed E-state index contributed by atoms with van der Waals surface area (Å²) < 4.78 is 11.3. The molecule has 0 aliphatic rings. The summed E-state index contributed by atoms with van der Waals surface area (Å²) in [7, 11) is 2.60. The van der Waals surface area contributed by atoms with E-state index in [-0.39, 0.29) is 11.6 Å². The lowest BCUT2D eigenvalue weighted by Crippen LogP contribution is -2.18. The molecule has 0 aliphatic heterocycles. The van der Waals surface area contributed by atoms with Gasteiger partial charge >= 0.3 is 5.97 Å². The van der Waals surface area contributed by atoms with Gasteiger partial charge in [-0.1, -0.05) is 27.2 Å². The summed E-state index contributed by atoms with van der Waals surface area (Å²) in [5.74, 6) is 0.145. The molecule has 0 bridgehead atoms. The number of ether oxygens (including phenoxy) is 2. The van der Waals surface area contributed by atoms with Crippen molar-refractivity contribution in [2.75, 3.05) is 14.2 Å². The highest BCUT2D eigenvalue weighted by molar-refractivity contribution is 9.10. The maximum absolute atomic E-state index is 11.8. The molecular formula is C15H13BrN2O4. The Hall–Kier alpha value is -2.41. The Morgan fingerprint density at radius 1 is 1.23 bits per heavy atom. The first-order valence-electron chi connectivity index (χ1n) is 6.24. The van der Waals surface area contributed by atoms with Crippen LogP contribution in [-0.2, 0) is 14.4 Å². The van der Waals surface area contributed by atoms with Gasteiger partial charge in [-0.05, 0) is 30.3 Å². The highest BCUT2D eigenvalue weighted by Gasteiger charge is 2.21. The number of carbonyl (C=O) groups is 1. The first-order valence-corrected chi connectivity index (χ1v) is 7.03. The molecule has 0 amide bonds. The van der Waals surface area contributed by atoms with Crippen LogP contribution in [-0.4, -0.2) is 30.9 Å². The van der Waals surface area contributed by atoms with Crippen molar-refractivity contribution in [3.63, 3.8) is 0 Å². The van der Waals surface area contributed by atoms with E-state index in [1.54, 1.807) is 30.5 Å². The van der Waals surface area contributed by atoms with Crippen LogP contribution in [0.15, 0.2) is 52.2 Å². The van der Waals surface area contributed by atoms with E-state index in [2.05, 4.69) is 26.1 Å². The molecule has 0 saturated carbocycles. The molecule has 22 heavy (non-hydrogen) atoms. The van der Waals surface area contributed by atoms with Gasteiger partial charge in [0.15, 0.2) is 5.71 Å². The summed E-state index contributed by atoms with van der Waals surface area (Å²) in [5.41, 5.74) is 0.347. The molecule has 1 heterocycles. The summed E-state index contributed by atoms with van der Waals surface area (Å²) in [6, 6.07) is 10.6. The van der Waals surface area contributed by atoms with E-state index < -0.39 is 5.97 Å². The van der Waals surface area contributed by atoms with E-state index in [0.717, 1.165) is 4.47 Å². The van der Waals surface area contributed by atoms with Gasteiger partial charge in [-0.3, -0.25) is 0 Å². The predicted octanol–water partition coefficient (Wildman–Crippen LogP) is 3.16. The van der Waals surface area contributed by atoms with Crippen molar-refractivity contribution in [1.29, 1.82) is 0 Å². The molecule has 0 N–H and O–H groups in total. The van der Waals surface area contributed by atoms with E-state index in [1.807, 2.05) is 12.1 Å². The van der Waals surface area contributed by atoms with E-state index in [0.29, 0.717) is 11.3 Å². The van der Waals surface area contributed by atoms with Crippen molar-refractivity contribution < 1.29 is 19.1 Å². The van der Waals surface area contributed by atoms with Crippen molar-refractivity contribution in [2.24, 2.45) is 5.16 Å². The van der Waals surface area contributed by atoms with Crippen molar-refractivity contribution in [3.8, 4) is 11.6 Å². The van der Waals surface area contributed by atoms with E-state index in [1.165, 1.54) is 14.2 Å². The molecule has 0 spiro atoms. The van der Waals surface area contributed by atoms with Crippen molar-refractivity contribution >= 4 is 27.6 Å². The maximum Gasteiger partial charge on any atom is 0.360 e. The minimum Gasteiger partial charge on any atom is -0.464 e. The van der Waals surface area contributed by atoms with Crippen LogP contribution in [0, 0.1) is 0 Å². The SMILES string of the molecule is CO/N=C(\C(=O)OC)c1cccnc1Oc1cccc(Br)c1. The van der Waals surface area contributed by atoms with Crippen molar-refractivity contribution in [2.45, 2.75) is 0 Å². The molecule has 0 radical (unpaired) electrons. The topological polar surface area (TPSA) is 70.0 Å². The summed E-state index contributed by atoms with van der Waals surface area (Å²) in [6.45, 7) is 0. The average Bonchev–Trinajstić information content (AvgIpc) is 2.53. The fourth-order valence-electron chi connectivity index (χ4n) is 1.68. The maximum atomic E-state index is 11.8. The fourth-order valence-corrected chi connectivity index (χ4v) is 2.06. The predicted molar refractivity (Wildman–Crippen MR) is 84.0 cm³/mol. The number of methoxy groups -OCH3 is 1. The molecule has 1 aromatic carbocycles. The van der Waals surface area contributed by atoms with Crippen LogP contribution >= 0.6 is 15.9 Å². The third-order valence-electron chi connectivity index (χ3n) is 2.60. The number of esters is 1. The Balaban J connectivity index is 2.41. The summed E-state index contributed by atoms with van der Waals surface area (Å²) in [6.07, 6.45) is 1.55. The molecule has 2 rings (SSSR count). The van der Waals surface area contributed by atoms with Crippen molar-refractivity contribution in [3.05, 3.63) is 52.6 Å². The molecule has 2 aromatic rings. The lowest BCUT2D eigenvalue weighted by Gasteiger charge is -2.10. The first-order chi connectivity index (χ1) is 10.7. The van der Waals surface area contributed by atoms with Crippen LogP contribution in [0.25, 0.3) is 0 Å². The molecule has 114 valence electrons. The lowest BCUT2D eigenvalue weighted by molar-refractivity contribution is -0.132. The number of rotatable bonds is 5. The van der Waals surface area contributed by atoms with Crippen LogP contribution in [0.2, 0.25) is 0 Å². The molecule has 0 saturated heterocycles. The van der Waals surface area contributed by atoms with Gasteiger partial charge in [0.2, 0.25) is 5.88 Å². The lowest BCUT2D eigenvalue weighted by atomic mass is 10.1. The average molecular weight is 365 g/mol. The second-order valence-corrected chi connectivity index (χ2v) is 4.95. The zero-order chi connectivity index (χ0) is 15.9. The molecule has 0 aliphatic carbocycles. The largest absolute Gasteiger partial charge is 0.464 e. The van der Waals surface area contributed by atoms with Crippen LogP contribution in [0.3, 0.4) is 0 Å². The van der Waals surface area contributed by atoms with Gasteiger partial charge in [0.25, 0.3) is 0 Å². The fraction of sp³-hybridized carbons (Fsp3) is 0.133. The third kappa shape index (κ3) is 3.82. The zero-order valence-corrected chi connectivity index (χ0v) is 13.5. The normalized spacial score (nSPS) is 11.0. The van der Waals surface area contributed by atoms with Gasteiger partial charge in [0.05, 0.1) is 12.7 Å². The molecule has 1 aromatic heterocycles. The highest BCUT2D eigenvalue weighted by Crippen LogP contribution is 2.26. The van der Waals surface area contributed by atoms with E-state index in [9.17, 15) is 4.79 Å². The molecule has 7 heteroatoms. The van der Waals surface area contributed by atoms with E-state index in [4.69, 9.17) is 14.3 Å². The Kier molecular flexibility index (Phi) is 5.48. The zero-order valence-electron chi connectivity index (χ0n) is 11.9. The molecule has 6 nitrogen and oxygen atoms in total. The van der Waals surface area contributed by atoms with Gasteiger partial charge in [-0.15, -0.1) is 0 Å². The number of nitrogens with zero attached hydrogens (tertiary/aromatic N) is 2. The number of oxime groups is 1. The number of benzene rings is 1. The number of carbonyl (C=O) groups excluding carboxylic acids is 1. The number of hydrogen-bond donors (Lipinski definition) is 0. The second-order valence-electron chi connectivity index (χ2n) is 4.03. The molecular weight excluding hydrogens is 352 g/mol. The van der Waals surface area contributed by atoms with Gasteiger partial charge < -0.3 is 14.3 Å². The van der Waals surface area contributed by atoms with Crippen LogP contribution < -0.4 is 4.74 Å². The summed E-state index contributed by atoms with van der Waals surface area (Å²) in [5, 5.41) is 3.70. The molecule has 0 unspecified atom stereocenters. The highest BCUT2D eigenvalue weighted by atomic mass is 79.9. The minimum atomic E-state index is -0.644. The summed E-state index contributed by atoms with van der Waals surface area (Å²) in [4.78, 5) is 20.7. The quantitative estimate of drug-likeness (QED) is 0.463. The second kappa shape index (κ2) is 7.56. The number of halogens is 1. The van der Waals surface area contributed by atoms with Gasteiger partial charge in [-0.25, -0.2) is 9.78 Å². The molecule has 0 atom stereocenters. The number of pyridine rings is 1. The minimum absolute atomic E-state index is 0.0249. The van der Waals surface area contributed by atoms with Crippen molar-refractivity contribution in [1.82, 2.24) is 4.98 Å².